The molecule has 1 aromatic rings. The summed E-state index contributed by atoms with van der Waals surface area (Å²) in [5.41, 5.74) is 0.640. The Morgan fingerprint density at radius 2 is 2.27 bits per heavy atom. The van der Waals surface area contributed by atoms with Crippen LogP contribution in [0.3, 0.4) is 0 Å². The Balaban J connectivity index is 2.28. The number of benzene rings is 1. The van der Waals surface area contributed by atoms with Crippen LogP contribution in [0.25, 0.3) is 6.08 Å². The number of rotatable bonds is 8. The van der Waals surface area contributed by atoms with Crippen molar-refractivity contribution in [1.29, 1.82) is 0 Å². The molecule has 9 heteroatoms. The summed E-state index contributed by atoms with van der Waals surface area (Å²) in [6, 6.07) is 3.63. The molecule has 0 saturated carbocycles. The van der Waals surface area contributed by atoms with Crippen molar-refractivity contribution in [2.45, 2.75) is 19.4 Å². The van der Waals surface area contributed by atoms with Gasteiger partial charge in [0.1, 0.15) is 4.32 Å². The number of carbonyl (C=O) groups excluding carboxylic acids is 2. The highest BCUT2D eigenvalue weighted by Gasteiger charge is 2.37. The van der Waals surface area contributed by atoms with Crippen LogP contribution in [-0.2, 0) is 9.59 Å². The molecule has 1 saturated heterocycles. The van der Waals surface area contributed by atoms with Crippen LogP contribution in [0.5, 0.6) is 11.5 Å². The van der Waals surface area contributed by atoms with Gasteiger partial charge in [-0.2, -0.15) is 11.8 Å². The number of aliphatic carboxylic acids is 1. The van der Waals surface area contributed by atoms with E-state index in [2.05, 4.69) is 0 Å². The quantitative estimate of drug-likeness (QED) is 0.511. The predicted molar refractivity (Wildman–Crippen MR) is 106 cm³/mol. The monoisotopic (exact) mass is 412 g/mol. The average Bonchev–Trinajstić information content (AvgIpc) is 2.86. The number of ether oxygens (including phenoxy) is 1. The number of hydrogen-bond donors (Lipinski definition) is 1. The van der Waals surface area contributed by atoms with Crippen molar-refractivity contribution in [1.82, 2.24) is 4.90 Å². The van der Waals surface area contributed by atoms with Crippen LogP contribution >= 0.6 is 35.7 Å². The number of aromatic hydroxyl groups is 1. The lowest BCUT2D eigenvalue weighted by molar-refractivity contribution is -0.310. The van der Waals surface area contributed by atoms with Gasteiger partial charge in [-0.3, -0.25) is 9.69 Å². The van der Waals surface area contributed by atoms with Gasteiger partial charge in [-0.1, -0.05) is 30.0 Å². The number of phenolic OH excluding ortho intramolecular Hbond substituents is 1. The van der Waals surface area contributed by atoms with Gasteiger partial charge in [0.25, 0.3) is 5.91 Å². The Morgan fingerprint density at radius 3 is 2.88 bits per heavy atom. The highest BCUT2D eigenvalue weighted by atomic mass is 32.2. The molecule has 1 fully saturated rings. The standard InChI is InChI=1S/C17H19NO5S3/c1-3-23-13-8-10(4-5-12(13)19)9-14-15(20)18(17(24)26-14)11(16(21)22)6-7-25-2/h4-5,8-9,11,19H,3,6-7H2,1-2H3,(H,21,22)/p-1/b14-9-/t11-/m1/s1. The normalized spacial score (nSPS) is 17.0. The largest absolute Gasteiger partial charge is 0.548 e. The second kappa shape index (κ2) is 9.29. The molecule has 0 aromatic heterocycles. The average molecular weight is 413 g/mol. The van der Waals surface area contributed by atoms with Gasteiger partial charge in [0.05, 0.1) is 23.5 Å². The number of carboxylic acids is 1. The molecule has 1 heterocycles. The number of amides is 1. The summed E-state index contributed by atoms with van der Waals surface area (Å²) < 4.78 is 5.52. The number of phenols is 1. The number of thiocarbonyl (C=S) groups is 1. The Labute approximate surface area is 165 Å². The number of carboxylic acid groups (broad SMARTS) is 1. The summed E-state index contributed by atoms with van der Waals surface area (Å²) >= 11 is 7.74. The van der Waals surface area contributed by atoms with E-state index in [4.69, 9.17) is 17.0 Å². The van der Waals surface area contributed by atoms with Gasteiger partial charge in [0.2, 0.25) is 0 Å². The summed E-state index contributed by atoms with van der Waals surface area (Å²) in [5, 5.41) is 21.2. The lowest BCUT2D eigenvalue weighted by Gasteiger charge is -2.27. The number of nitrogens with zero attached hydrogens (tertiary/aromatic N) is 1. The van der Waals surface area contributed by atoms with Crippen molar-refractivity contribution in [2.24, 2.45) is 0 Å². The van der Waals surface area contributed by atoms with Crippen molar-refractivity contribution in [3.63, 3.8) is 0 Å². The fraction of sp³-hybridized carbons (Fsp3) is 0.353. The molecule has 0 radical (unpaired) electrons. The van der Waals surface area contributed by atoms with E-state index in [0.29, 0.717) is 28.6 Å². The van der Waals surface area contributed by atoms with Crippen molar-refractivity contribution < 1.29 is 24.5 Å². The molecule has 6 nitrogen and oxygen atoms in total. The van der Waals surface area contributed by atoms with Gasteiger partial charge < -0.3 is 19.7 Å². The van der Waals surface area contributed by atoms with E-state index in [1.165, 1.54) is 17.8 Å². The molecule has 0 unspecified atom stereocenters. The van der Waals surface area contributed by atoms with Gasteiger partial charge >= 0.3 is 0 Å². The molecule has 0 aliphatic carbocycles. The van der Waals surface area contributed by atoms with Crippen LogP contribution in [0.2, 0.25) is 0 Å². The molecule has 0 spiro atoms. The highest BCUT2D eigenvalue weighted by molar-refractivity contribution is 8.26. The smallest absolute Gasteiger partial charge is 0.266 e. The van der Waals surface area contributed by atoms with Crippen molar-refractivity contribution in [2.75, 3.05) is 18.6 Å². The Morgan fingerprint density at radius 1 is 1.54 bits per heavy atom. The third-order valence-corrected chi connectivity index (χ3v) is 5.56. The van der Waals surface area contributed by atoms with E-state index < -0.39 is 17.9 Å². The maximum absolute atomic E-state index is 12.7. The first-order valence-electron chi connectivity index (χ1n) is 7.81. The van der Waals surface area contributed by atoms with Gasteiger partial charge in [0.15, 0.2) is 11.5 Å². The first-order chi connectivity index (χ1) is 12.4. The second-order valence-electron chi connectivity index (χ2n) is 5.33. The highest BCUT2D eigenvalue weighted by Crippen LogP contribution is 2.36. The molecular formula is C17H18NO5S3-. The summed E-state index contributed by atoms with van der Waals surface area (Å²) in [7, 11) is 0. The maximum Gasteiger partial charge on any atom is 0.266 e. The van der Waals surface area contributed by atoms with E-state index in [1.807, 2.05) is 6.26 Å². The Hall–Kier alpha value is -1.71. The molecule has 0 bridgehead atoms. The zero-order valence-electron chi connectivity index (χ0n) is 14.3. The van der Waals surface area contributed by atoms with E-state index >= 15 is 0 Å². The summed E-state index contributed by atoms with van der Waals surface area (Å²) in [6.07, 6.45) is 3.72. The van der Waals surface area contributed by atoms with Gasteiger partial charge in [0, 0.05) is 0 Å². The summed E-state index contributed by atoms with van der Waals surface area (Å²) in [6.45, 7) is 2.19. The lowest BCUT2D eigenvalue weighted by atomic mass is 10.1. The fourth-order valence-electron chi connectivity index (χ4n) is 2.37. The topological polar surface area (TPSA) is 89.9 Å². The molecule has 1 aliphatic heterocycles. The van der Waals surface area contributed by atoms with Crippen molar-refractivity contribution in [3.8, 4) is 11.5 Å². The van der Waals surface area contributed by atoms with Crippen LogP contribution in [0.4, 0.5) is 0 Å². The minimum absolute atomic E-state index is 0.00521. The molecule has 2 rings (SSSR count). The third-order valence-electron chi connectivity index (χ3n) is 3.58. The SMILES string of the molecule is CCOc1cc(/C=C2\SC(=S)N([C@H](CCSC)C(=O)[O-])C2=O)ccc1O. The van der Waals surface area contributed by atoms with Crippen LogP contribution in [-0.4, -0.2) is 50.9 Å². The fourth-order valence-corrected chi connectivity index (χ4v) is 4.19. The van der Waals surface area contributed by atoms with E-state index in [-0.39, 0.29) is 16.5 Å². The van der Waals surface area contributed by atoms with Crippen LogP contribution in [0.15, 0.2) is 23.1 Å². The number of thioether (sulfide) groups is 2. The van der Waals surface area contributed by atoms with E-state index in [9.17, 15) is 19.8 Å². The molecule has 26 heavy (non-hydrogen) atoms. The van der Waals surface area contributed by atoms with Crippen LogP contribution < -0.4 is 9.84 Å². The number of carbonyl (C=O) groups is 2. The van der Waals surface area contributed by atoms with Crippen molar-refractivity contribution >= 4 is 58.0 Å². The van der Waals surface area contributed by atoms with Crippen LogP contribution in [0.1, 0.15) is 18.9 Å². The van der Waals surface area contributed by atoms with Gasteiger partial charge in [-0.15, -0.1) is 0 Å². The minimum atomic E-state index is -1.32. The molecule has 1 aromatic carbocycles. The van der Waals surface area contributed by atoms with E-state index in [1.54, 1.807) is 25.1 Å². The summed E-state index contributed by atoms with van der Waals surface area (Å²) in [5.74, 6) is -0.888. The van der Waals surface area contributed by atoms with Gasteiger partial charge in [-0.05, 0) is 49.1 Å². The minimum Gasteiger partial charge on any atom is -0.548 e. The lowest BCUT2D eigenvalue weighted by Crippen LogP contribution is -2.50. The molecule has 1 N–H and O–H groups in total. The van der Waals surface area contributed by atoms with Gasteiger partial charge in [-0.25, -0.2) is 0 Å². The first kappa shape index (κ1) is 20.6. The second-order valence-corrected chi connectivity index (χ2v) is 7.99. The maximum atomic E-state index is 12.7. The molecule has 140 valence electrons. The molecule has 1 atom stereocenters. The molecule has 1 aliphatic rings. The molecular weight excluding hydrogens is 394 g/mol. The zero-order valence-corrected chi connectivity index (χ0v) is 16.7. The third kappa shape index (κ3) is 4.72. The number of hydrogen-bond acceptors (Lipinski definition) is 8. The van der Waals surface area contributed by atoms with Crippen molar-refractivity contribution in [3.05, 3.63) is 28.7 Å². The predicted octanol–water partition coefficient (Wildman–Crippen LogP) is 1.86. The van der Waals surface area contributed by atoms with E-state index in [0.717, 1.165) is 16.7 Å². The first-order valence-corrected chi connectivity index (χ1v) is 10.4. The molecule has 1 amide bonds. The Bertz CT molecular complexity index is 750. The summed E-state index contributed by atoms with van der Waals surface area (Å²) in [4.78, 5) is 25.6. The zero-order chi connectivity index (χ0) is 19.3. The van der Waals surface area contributed by atoms with Crippen LogP contribution in [0, 0.1) is 0 Å². The Kier molecular flexibility index (Phi) is 7.36.